The summed E-state index contributed by atoms with van der Waals surface area (Å²) < 4.78 is 16.9. The molecule has 99 valence electrons. The van der Waals surface area contributed by atoms with Crippen LogP contribution in [0, 0.1) is 17.8 Å². The molecule has 4 bridgehead atoms. The second-order valence-electron chi connectivity index (χ2n) is 6.25. The number of hydrogen-bond acceptors (Lipinski definition) is 2. The zero-order chi connectivity index (χ0) is 12.1. The molecule has 1 radical (unpaired) electrons. The van der Waals surface area contributed by atoms with Gasteiger partial charge < -0.3 is 4.89 Å². The third-order valence-corrected chi connectivity index (χ3v) is 6.09. The summed E-state index contributed by atoms with van der Waals surface area (Å²) in [6.45, 7) is 2.04. The van der Waals surface area contributed by atoms with Gasteiger partial charge in [0.05, 0.1) is 6.61 Å². The third-order valence-electron chi connectivity index (χ3n) is 4.72. The average Bonchev–Trinajstić information content (AvgIpc) is 2.11. The van der Waals surface area contributed by atoms with Crippen molar-refractivity contribution in [2.75, 3.05) is 6.61 Å². The van der Waals surface area contributed by atoms with Crippen LogP contribution in [-0.4, -0.2) is 46.6 Å². The minimum Gasteiger partial charge on any atom is -0.312 e. The van der Waals surface area contributed by atoms with Crippen LogP contribution in [-0.2, 0) is 9.09 Å². The molecular formula is C12H22NNaO3P. The second kappa shape index (κ2) is 5.48. The summed E-state index contributed by atoms with van der Waals surface area (Å²) in [4.78, 5) is 9.80. The summed E-state index contributed by atoms with van der Waals surface area (Å²) in [6.07, 6.45) is 7.21. The zero-order valence-electron chi connectivity index (χ0n) is 11.4. The van der Waals surface area contributed by atoms with Crippen molar-refractivity contribution < 1.29 is 14.0 Å². The Hall–Kier alpha value is 1.11. The van der Waals surface area contributed by atoms with Crippen molar-refractivity contribution in [3.63, 3.8) is 0 Å². The average molecular weight is 282 g/mol. The second-order valence-corrected chi connectivity index (χ2v) is 7.77. The van der Waals surface area contributed by atoms with Gasteiger partial charge >= 0.3 is 7.75 Å². The Balaban J connectivity index is 0.00000120. The van der Waals surface area contributed by atoms with E-state index < -0.39 is 7.75 Å². The third kappa shape index (κ3) is 3.06. The van der Waals surface area contributed by atoms with Crippen molar-refractivity contribution in [1.29, 1.82) is 0 Å². The molecular weight excluding hydrogens is 260 g/mol. The van der Waals surface area contributed by atoms with Crippen LogP contribution < -0.4 is 5.09 Å². The topological polar surface area (TPSA) is 58.6 Å². The number of hydrogen-bond donors (Lipinski definition) is 2. The van der Waals surface area contributed by atoms with Crippen molar-refractivity contribution in [3.8, 4) is 0 Å². The summed E-state index contributed by atoms with van der Waals surface area (Å²) in [5, 5.41) is 2.99. The van der Waals surface area contributed by atoms with Gasteiger partial charge in [-0.05, 0) is 63.2 Å². The van der Waals surface area contributed by atoms with Crippen LogP contribution in [0.25, 0.3) is 0 Å². The maximum absolute atomic E-state index is 11.9. The zero-order valence-corrected chi connectivity index (χ0v) is 14.3. The molecule has 4 rings (SSSR count). The molecule has 0 amide bonds. The fraction of sp³-hybridized carbons (Fsp3) is 1.00. The normalized spacial score (nSPS) is 44.4. The Labute approximate surface area is 131 Å². The summed E-state index contributed by atoms with van der Waals surface area (Å²) >= 11 is 0. The van der Waals surface area contributed by atoms with E-state index in [1.165, 1.54) is 19.3 Å². The SMILES string of the molecule is CCOP(=O)(O)NC12CC3CC(CC(C3)C1)C2.[Na]. The quantitative estimate of drug-likeness (QED) is 0.613. The maximum Gasteiger partial charge on any atom is 0.403 e. The minimum absolute atomic E-state index is 0. The van der Waals surface area contributed by atoms with Gasteiger partial charge in [-0.25, -0.2) is 9.65 Å². The largest absolute Gasteiger partial charge is 0.403 e. The van der Waals surface area contributed by atoms with Gasteiger partial charge in [0.1, 0.15) is 0 Å². The number of rotatable bonds is 4. The molecule has 0 aliphatic heterocycles. The van der Waals surface area contributed by atoms with Gasteiger partial charge in [-0.3, -0.25) is 4.52 Å². The van der Waals surface area contributed by atoms with Crippen LogP contribution in [0.5, 0.6) is 0 Å². The molecule has 0 saturated heterocycles. The maximum atomic E-state index is 11.9. The first-order chi connectivity index (χ1) is 8.00. The van der Waals surface area contributed by atoms with Gasteiger partial charge in [0, 0.05) is 35.1 Å². The molecule has 6 heteroatoms. The van der Waals surface area contributed by atoms with Crippen LogP contribution in [0.4, 0.5) is 0 Å². The molecule has 4 aliphatic rings. The van der Waals surface area contributed by atoms with E-state index in [1.807, 2.05) is 0 Å². The molecule has 0 aromatic carbocycles. The van der Waals surface area contributed by atoms with E-state index in [0.717, 1.165) is 37.0 Å². The fourth-order valence-corrected chi connectivity index (χ4v) is 6.04. The van der Waals surface area contributed by atoms with Crippen LogP contribution >= 0.6 is 7.75 Å². The van der Waals surface area contributed by atoms with E-state index in [-0.39, 0.29) is 41.7 Å². The molecule has 0 heterocycles. The Kier molecular flexibility index (Phi) is 4.72. The first-order valence-corrected chi connectivity index (χ1v) is 8.35. The van der Waals surface area contributed by atoms with Crippen molar-refractivity contribution in [2.45, 2.75) is 51.0 Å². The van der Waals surface area contributed by atoms with E-state index in [9.17, 15) is 9.46 Å². The predicted octanol–water partition coefficient (Wildman–Crippen LogP) is 2.30. The molecule has 4 saturated carbocycles. The molecule has 0 aromatic rings. The van der Waals surface area contributed by atoms with E-state index >= 15 is 0 Å². The van der Waals surface area contributed by atoms with Crippen molar-refractivity contribution >= 4 is 37.3 Å². The Morgan fingerprint density at radius 3 is 2.06 bits per heavy atom. The molecule has 4 aliphatic carbocycles. The molecule has 18 heavy (non-hydrogen) atoms. The van der Waals surface area contributed by atoms with E-state index in [4.69, 9.17) is 4.52 Å². The van der Waals surface area contributed by atoms with Crippen molar-refractivity contribution in [3.05, 3.63) is 0 Å². The van der Waals surface area contributed by atoms with E-state index in [2.05, 4.69) is 5.09 Å². The predicted molar refractivity (Wildman–Crippen MR) is 71.2 cm³/mol. The molecule has 4 fully saturated rings. The Morgan fingerprint density at radius 2 is 1.67 bits per heavy atom. The van der Waals surface area contributed by atoms with Crippen LogP contribution in [0.15, 0.2) is 0 Å². The summed E-state index contributed by atoms with van der Waals surface area (Å²) in [6, 6.07) is 0. The van der Waals surface area contributed by atoms with Gasteiger partial charge in [-0.1, -0.05) is 0 Å². The monoisotopic (exact) mass is 282 g/mol. The van der Waals surface area contributed by atoms with Gasteiger partial charge in [0.15, 0.2) is 0 Å². The van der Waals surface area contributed by atoms with Gasteiger partial charge in [-0.2, -0.15) is 0 Å². The van der Waals surface area contributed by atoms with Crippen molar-refractivity contribution in [1.82, 2.24) is 5.09 Å². The Bertz CT molecular complexity index is 328. The summed E-state index contributed by atoms with van der Waals surface area (Å²) in [7, 11) is -3.59. The van der Waals surface area contributed by atoms with E-state index in [1.54, 1.807) is 6.92 Å². The molecule has 1 atom stereocenters. The minimum atomic E-state index is -3.59. The first-order valence-electron chi connectivity index (χ1n) is 6.77. The van der Waals surface area contributed by atoms with Gasteiger partial charge in [0.25, 0.3) is 0 Å². The molecule has 0 aromatic heterocycles. The van der Waals surface area contributed by atoms with Crippen LogP contribution in [0.1, 0.15) is 45.4 Å². The summed E-state index contributed by atoms with van der Waals surface area (Å²) in [5.41, 5.74) is -0.103. The van der Waals surface area contributed by atoms with Crippen LogP contribution in [0.2, 0.25) is 0 Å². The van der Waals surface area contributed by atoms with Crippen molar-refractivity contribution in [2.24, 2.45) is 17.8 Å². The standard InChI is InChI=1S/C12H22NO3P.Na/c1-2-16-17(14,15)13-12-6-9-3-10(7-12)5-11(4-9)8-12;/h9-11H,2-8H2,1H3,(H2,13,14,15);. The number of nitrogens with one attached hydrogen (secondary N) is 1. The van der Waals surface area contributed by atoms with Crippen LogP contribution in [0.3, 0.4) is 0 Å². The Morgan fingerprint density at radius 1 is 1.22 bits per heavy atom. The fourth-order valence-electron chi connectivity index (χ4n) is 4.75. The molecule has 4 nitrogen and oxygen atoms in total. The molecule has 1 unspecified atom stereocenters. The van der Waals surface area contributed by atoms with Gasteiger partial charge in [-0.15, -0.1) is 0 Å². The van der Waals surface area contributed by atoms with Gasteiger partial charge in [0.2, 0.25) is 0 Å². The summed E-state index contributed by atoms with van der Waals surface area (Å²) in [5.74, 6) is 2.32. The smallest absolute Gasteiger partial charge is 0.312 e. The molecule has 0 spiro atoms. The molecule has 2 N–H and O–H groups in total. The van der Waals surface area contributed by atoms with E-state index in [0.29, 0.717) is 0 Å². The first kappa shape index (κ1) is 15.5.